The van der Waals surface area contributed by atoms with Crippen molar-refractivity contribution in [2.24, 2.45) is 0 Å². The summed E-state index contributed by atoms with van der Waals surface area (Å²) in [6.45, 7) is 1.73. The summed E-state index contributed by atoms with van der Waals surface area (Å²) in [4.78, 5) is 34.4. The Morgan fingerprint density at radius 2 is 1.82 bits per heavy atom. The van der Waals surface area contributed by atoms with Gasteiger partial charge in [-0.1, -0.05) is 50.1 Å². The molecule has 0 unspecified atom stereocenters. The summed E-state index contributed by atoms with van der Waals surface area (Å²) in [5, 5.41) is 13.9. The van der Waals surface area contributed by atoms with Crippen LogP contribution in [0.5, 0.6) is 0 Å². The van der Waals surface area contributed by atoms with Crippen molar-refractivity contribution in [3.05, 3.63) is 35.9 Å². The third kappa shape index (κ3) is 6.88. The normalized spacial score (nSPS) is 11.5. The number of nitrogens with one attached hydrogen (secondary N) is 2. The highest BCUT2D eigenvalue weighted by molar-refractivity contribution is 5.88. The Labute approximate surface area is 129 Å². The molecule has 0 spiro atoms. The minimum absolute atomic E-state index is 0.187. The number of carbonyl (C=O) groups excluding carboxylic acids is 2. The monoisotopic (exact) mass is 306 g/mol. The molecule has 0 heterocycles. The van der Waals surface area contributed by atoms with Crippen LogP contribution in [0, 0.1) is 0 Å². The lowest BCUT2D eigenvalue weighted by Crippen LogP contribution is -2.45. The zero-order valence-electron chi connectivity index (χ0n) is 12.7. The molecule has 22 heavy (non-hydrogen) atoms. The Morgan fingerprint density at radius 1 is 1.14 bits per heavy atom. The van der Waals surface area contributed by atoms with Gasteiger partial charge in [-0.25, -0.2) is 4.79 Å². The van der Waals surface area contributed by atoms with E-state index in [-0.39, 0.29) is 18.9 Å². The van der Waals surface area contributed by atoms with Gasteiger partial charge in [0, 0.05) is 0 Å². The van der Waals surface area contributed by atoms with Crippen molar-refractivity contribution in [1.82, 2.24) is 10.6 Å². The fourth-order valence-corrected chi connectivity index (χ4v) is 1.93. The van der Waals surface area contributed by atoms with Gasteiger partial charge in [-0.3, -0.25) is 9.59 Å². The highest BCUT2D eigenvalue weighted by Gasteiger charge is 2.19. The Morgan fingerprint density at radius 3 is 2.41 bits per heavy atom. The number of carbonyl (C=O) groups is 3. The first-order valence-corrected chi connectivity index (χ1v) is 7.35. The molecule has 1 aromatic rings. The predicted molar refractivity (Wildman–Crippen MR) is 82.2 cm³/mol. The molecule has 0 saturated carbocycles. The van der Waals surface area contributed by atoms with Gasteiger partial charge < -0.3 is 15.7 Å². The largest absolute Gasteiger partial charge is 0.480 e. The molecular formula is C16H22N2O4. The summed E-state index contributed by atoms with van der Waals surface area (Å²) in [7, 11) is 0. The minimum atomic E-state index is -1.06. The van der Waals surface area contributed by atoms with Gasteiger partial charge in [0.2, 0.25) is 11.8 Å². The quantitative estimate of drug-likeness (QED) is 0.637. The molecule has 0 aliphatic heterocycles. The summed E-state index contributed by atoms with van der Waals surface area (Å²) >= 11 is 0. The summed E-state index contributed by atoms with van der Waals surface area (Å²) in [6, 6.07) is 8.27. The van der Waals surface area contributed by atoms with Crippen LogP contribution in [-0.2, 0) is 20.8 Å². The number of unbranched alkanes of at least 4 members (excludes halogenated alkanes) is 1. The second kappa shape index (κ2) is 9.55. The molecule has 1 atom stereocenters. The summed E-state index contributed by atoms with van der Waals surface area (Å²) in [5.41, 5.74) is 0.853. The third-order valence-corrected chi connectivity index (χ3v) is 3.13. The molecule has 2 amide bonds. The zero-order valence-corrected chi connectivity index (χ0v) is 12.7. The summed E-state index contributed by atoms with van der Waals surface area (Å²) < 4.78 is 0. The van der Waals surface area contributed by atoms with E-state index < -0.39 is 17.9 Å². The highest BCUT2D eigenvalue weighted by Crippen LogP contribution is 2.01. The SMILES string of the molecule is CCCC[C@H](NC(=O)CNC(=O)Cc1ccccc1)C(=O)O. The summed E-state index contributed by atoms with van der Waals surface area (Å²) in [6.07, 6.45) is 2.15. The second-order valence-electron chi connectivity index (χ2n) is 5.04. The van der Waals surface area contributed by atoms with Crippen molar-refractivity contribution in [1.29, 1.82) is 0 Å². The van der Waals surface area contributed by atoms with E-state index in [4.69, 9.17) is 5.11 Å². The fraction of sp³-hybridized carbons (Fsp3) is 0.438. The van der Waals surface area contributed by atoms with Gasteiger partial charge in [0.25, 0.3) is 0 Å². The van der Waals surface area contributed by atoms with Gasteiger partial charge in [-0.05, 0) is 12.0 Å². The first-order chi connectivity index (χ1) is 10.5. The number of hydrogen-bond donors (Lipinski definition) is 3. The van der Waals surface area contributed by atoms with E-state index in [9.17, 15) is 14.4 Å². The van der Waals surface area contributed by atoms with Crippen LogP contribution in [0.4, 0.5) is 0 Å². The number of carboxylic acid groups (broad SMARTS) is 1. The van der Waals surface area contributed by atoms with Gasteiger partial charge in [0.1, 0.15) is 6.04 Å². The van der Waals surface area contributed by atoms with Crippen LogP contribution in [0.2, 0.25) is 0 Å². The second-order valence-corrected chi connectivity index (χ2v) is 5.04. The van der Waals surface area contributed by atoms with E-state index in [1.807, 2.05) is 37.3 Å². The fourth-order valence-electron chi connectivity index (χ4n) is 1.93. The van der Waals surface area contributed by atoms with Crippen LogP contribution >= 0.6 is 0 Å². The number of rotatable bonds is 9. The summed E-state index contributed by atoms with van der Waals surface area (Å²) in [5.74, 6) is -1.83. The molecule has 0 aliphatic carbocycles. The van der Waals surface area contributed by atoms with Gasteiger partial charge in [-0.15, -0.1) is 0 Å². The van der Waals surface area contributed by atoms with Crippen molar-refractivity contribution in [2.75, 3.05) is 6.54 Å². The lowest BCUT2D eigenvalue weighted by molar-refractivity contribution is -0.141. The van der Waals surface area contributed by atoms with Gasteiger partial charge in [0.05, 0.1) is 13.0 Å². The van der Waals surface area contributed by atoms with E-state index >= 15 is 0 Å². The van der Waals surface area contributed by atoms with Crippen molar-refractivity contribution in [3.63, 3.8) is 0 Å². The Bertz CT molecular complexity index is 502. The zero-order chi connectivity index (χ0) is 16.4. The van der Waals surface area contributed by atoms with Gasteiger partial charge >= 0.3 is 5.97 Å². The predicted octanol–water partition coefficient (Wildman–Crippen LogP) is 1.10. The lowest BCUT2D eigenvalue weighted by atomic mass is 10.1. The van der Waals surface area contributed by atoms with Crippen LogP contribution in [0.3, 0.4) is 0 Å². The van der Waals surface area contributed by atoms with E-state index in [1.54, 1.807) is 0 Å². The Kier molecular flexibility index (Phi) is 7.67. The third-order valence-electron chi connectivity index (χ3n) is 3.13. The van der Waals surface area contributed by atoms with E-state index in [0.717, 1.165) is 18.4 Å². The number of hydrogen-bond acceptors (Lipinski definition) is 3. The molecule has 6 nitrogen and oxygen atoms in total. The molecule has 120 valence electrons. The number of carboxylic acids is 1. The molecule has 3 N–H and O–H groups in total. The molecule has 1 rings (SSSR count). The Hall–Kier alpha value is -2.37. The maximum Gasteiger partial charge on any atom is 0.326 e. The van der Waals surface area contributed by atoms with Gasteiger partial charge in [0.15, 0.2) is 0 Å². The Balaban J connectivity index is 2.35. The van der Waals surface area contributed by atoms with Crippen molar-refractivity contribution >= 4 is 17.8 Å². The standard InChI is InChI=1S/C16H22N2O4/c1-2-3-9-13(16(21)22)18-15(20)11-17-14(19)10-12-7-5-4-6-8-12/h4-8,13H,2-3,9-11H2,1H3,(H,17,19)(H,18,20)(H,21,22)/t13-/m0/s1. The van der Waals surface area contributed by atoms with E-state index in [1.165, 1.54) is 0 Å². The molecule has 0 aliphatic rings. The molecule has 0 bridgehead atoms. The van der Waals surface area contributed by atoms with Gasteiger partial charge in [-0.2, -0.15) is 0 Å². The molecule has 0 fully saturated rings. The van der Waals surface area contributed by atoms with Crippen LogP contribution in [0.25, 0.3) is 0 Å². The van der Waals surface area contributed by atoms with Crippen LogP contribution in [0.1, 0.15) is 31.7 Å². The molecule has 1 aromatic carbocycles. The maximum absolute atomic E-state index is 11.7. The van der Waals surface area contributed by atoms with Crippen molar-refractivity contribution in [2.45, 2.75) is 38.6 Å². The molecule has 6 heteroatoms. The topological polar surface area (TPSA) is 95.5 Å². The first-order valence-electron chi connectivity index (χ1n) is 7.35. The number of benzene rings is 1. The highest BCUT2D eigenvalue weighted by atomic mass is 16.4. The number of aliphatic carboxylic acids is 1. The van der Waals surface area contributed by atoms with E-state index in [0.29, 0.717) is 6.42 Å². The average molecular weight is 306 g/mol. The first kappa shape index (κ1) is 17.7. The van der Waals surface area contributed by atoms with Crippen LogP contribution < -0.4 is 10.6 Å². The molecule has 0 radical (unpaired) electrons. The molecule has 0 aromatic heterocycles. The van der Waals surface area contributed by atoms with Crippen LogP contribution in [-0.4, -0.2) is 35.5 Å². The van der Waals surface area contributed by atoms with Crippen molar-refractivity contribution < 1.29 is 19.5 Å². The lowest BCUT2D eigenvalue weighted by Gasteiger charge is -2.14. The smallest absolute Gasteiger partial charge is 0.326 e. The molecule has 0 saturated heterocycles. The number of amides is 2. The maximum atomic E-state index is 11.7. The van der Waals surface area contributed by atoms with Crippen molar-refractivity contribution in [3.8, 4) is 0 Å². The average Bonchev–Trinajstić information content (AvgIpc) is 2.50. The van der Waals surface area contributed by atoms with Crippen LogP contribution in [0.15, 0.2) is 30.3 Å². The van der Waals surface area contributed by atoms with E-state index in [2.05, 4.69) is 10.6 Å². The minimum Gasteiger partial charge on any atom is -0.480 e. The molecular weight excluding hydrogens is 284 g/mol.